The van der Waals surface area contributed by atoms with Crippen molar-refractivity contribution in [2.24, 2.45) is 5.92 Å². The van der Waals surface area contributed by atoms with Crippen molar-refractivity contribution in [2.75, 3.05) is 52.4 Å². The Labute approximate surface area is 116 Å². The van der Waals surface area contributed by atoms with Crippen LogP contribution in [0.2, 0.25) is 0 Å². The highest BCUT2D eigenvalue weighted by molar-refractivity contribution is 7.96. The van der Waals surface area contributed by atoms with E-state index in [2.05, 4.69) is 18.6 Å². The SMILES string of the molecule is CSNCCOCCOCCOCCCC(C)C. The topological polar surface area (TPSA) is 39.7 Å². The summed E-state index contributed by atoms with van der Waals surface area (Å²) in [6, 6.07) is 0. The average molecular weight is 279 g/mol. The predicted octanol–water partition coefficient (Wildman–Crippen LogP) is 2.34. The zero-order valence-electron chi connectivity index (χ0n) is 12.1. The van der Waals surface area contributed by atoms with Crippen molar-refractivity contribution in [2.45, 2.75) is 26.7 Å². The highest BCUT2D eigenvalue weighted by atomic mass is 32.2. The van der Waals surface area contributed by atoms with Gasteiger partial charge >= 0.3 is 0 Å². The maximum atomic E-state index is 5.47. The second-order valence-electron chi connectivity index (χ2n) is 4.47. The van der Waals surface area contributed by atoms with E-state index in [1.54, 1.807) is 11.9 Å². The van der Waals surface area contributed by atoms with Gasteiger partial charge in [0.05, 0.1) is 33.0 Å². The molecule has 0 heterocycles. The van der Waals surface area contributed by atoms with Crippen molar-refractivity contribution in [1.29, 1.82) is 0 Å². The molecule has 0 aliphatic heterocycles. The first-order chi connectivity index (χ1) is 8.77. The third-order valence-corrected chi connectivity index (χ3v) is 2.80. The van der Waals surface area contributed by atoms with E-state index < -0.39 is 0 Å². The number of hydrogen-bond acceptors (Lipinski definition) is 5. The highest BCUT2D eigenvalue weighted by Crippen LogP contribution is 2.02. The van der Waals surface area contributed by atoms with E-state index in [0.717, 1.165) is 32.1 Å². The highest BCUT2D eigenvalue weighted by Gasteiger charge is 1.94. The minimum atomic E-state index is 0.647. The van der Waals surface area contributed by atoms with Crippen LogP contribution >= 0.6 is 11.9 Å². The van der Waals surface area contributed by atoms with Gasteiger partial charge in [0.2, 0.25) is 0 Å². The van der Waals surface area contributed by atoms with Gasteiger partial charge in [-0.05, 0) is 25.0 Å². The third kappa shape index (κ3) is 16.2. The van der Waals surface area contributed by atoms with Crippen LogP contribution in [0.3, 0.4) is 0 Å². The number of rotatable bonds is 14. The zero-order valence-corrected chi connectivity index (χ0v) is 12.9. The largest absolute Gasteiger partial charge is 0.379 e. The van der Waals surface area contributed by atoms with Gasteiger partial charge in [-0.1, -0.05) is 25.8 Å². The van der Waals surface area contributed by atoms with Gasteiger partial charge in [-0.15, -0.1) is 0 Å². The van der Waals surface area contributed by atoms with Crippen LogP contribution < -0.4 is 4.72 Å². The summed E-state index contributed by atoms with van der Waals surface area (Å²) in [4.78, 5) is 0. The molecule has 0 spiro atoms. The van der Waals surface area contributed by atoms with Gasteiger partial charge in [0, 0.05) is 13.2 Å². The van der Waals surface area contributed by atoms with Gasteiger partial charge in [-0.25, -0.2) is 0 Å². The molecule has 5 heteroatoms. The van der Waals surface area contributed by atoms with Crippen LogP contribution in [0.1, 0.15) is 26.7 Å². The first-order valence-corrected chi connectivity index (χ1v) is 7.99. The Morgan fingerprint density at radius 2 is 1.44 bits per heavy atom. The lowest BCUT2D eigenvalue weighted by Crippen LogP contribution is -2.15. The van der Waals surface area contributed by atoms with Crippen LogP contribution in [0.4, 0.5) is 0 Å². The molecule has 0 aromatic carbocycles. The molecule has 0 atom stereocenters. The maximum absolute atomic E-state index is 5.47. The van der Waals surface area contributed by atoms with Gasteiger partial charge in [-0.2, -0.15) is 0 Å². The molecule has 1 N–H and O–H groups in total. The van der Waals surface area contributed by atoms with Crippen LogP contribution in [0.25, 0.3) is 0 Å². The normalized spacial score (nSPS) is 11.3. The van der Waals surface area contributed by atoms with E-state index in [-0.39, 0.29) is 0 Å². The van der Waals surface area contributed by atoms with Gasteiger partial charge in [0.15, 0.2) is 0 Å². The van der Waals surface area contributed by atoms with Crippen LogP contribution in [0, 0.1) is 5.92 Å². The molecule has 0 unspecified atom stereocenters. The molecule has 0 aliphatic carbocycles. The fraction of sp³-hybridized carbons (Fsp3) is 1.00. The predicted molar refractivity (Wildman–Crippen MR) is 78.0 cm³/mol. The lowest BCUT2D eigenvalue weighted by molar-refractivity contribution is 0.0147. The van der Waals surface area contributed by atoms with Gasteiger partial charge in [0.25, 0.3) is 0 Å². The van der Waals surface area contributed by atoms with Crippen molar-refractivity contribution >= 4 is 11.9 Å². The maximum Gasteiger partial charge on any atom is 0.0701 e. The molecular formula is C13H29NO3S. The van der Waals surface area contributed by atoms with E-state index in [0.29, 0.717) is 26.4 Å². The summed E-state index contributed by atoms with van der Waals surface area (Å²) >= 11 is 1.61. The van der Waals surface area contributed by atoms with Crippen LogP contribution in [-0.4, -0.2) is 52.4 Å². The first kappa shape index (κ1) is 18.2. The zero-order chi connectivity index (χ0) is 13.5. The van der Waals surface area contributed by atoms with E-state index in [4.69, 9.17) is 14.2 Å². The van der Waals surface area contributed by atoms with Crippen molar-refractivity contribution in [3.05, 3.63) is 0 Å². The number of nitrogens with one attached hydrogen (secondary N) is 1. The Kier molecular flexibility index (Phi) is 15.4. The first-order valence-electron chi connectivity index (χ1n) is 6.76. The molecule has 0 radical (unpaired) electrons. The summed E-state index contributed by atoms with van der Waals surface area (Å²) in [5.74, 6) is 0.766. The second kappa shape index (κ2) is 15.2. The molecule has 110 valence electrons. The number of hydrogen-bond donors (Lipinski definition) is 1. The Morgan fingerprint density at radius 1 is 0.889 bits per heavy atom. The molecule has 0 saturated carbocycles. The minimum absolute atomic E-state index is 0.647. The smallest absolute Gasteiger partial charge is 0.0701 e. The molecule has 18 heavy (non-hydrogen) atoms. The quantitative estimate of drug-likeness (QED) is 0.390. The molecule has 0 amide bonds. The number of ether oxygens (including phenoxy) is 3. The van der Waals surface area contributed by atoms with Gasteiger partial charge < -0.3 is 14.2 Å². The van der Waals surface area contributed by atoms with Gasteiger partial charge in [-0.3, -0.25) is 4.72 Å². The van der Waals surface area contributed by atoms with Crippen molar-refractivity contribution in [3.8, 4) is 0 Å². The standard InChI is InChI=1S/C13H29NO3S/c1-13(2)5-4-7-15-9-11-17-12-10-16-8-6-14-18-3/h13-14H,4-12H2,1-3H3. The van der Waals surface area contributed by atoms with Crippen LogP contribution in [-0.2, 0) is 14.2 Å². The molecule has 0 rings (SSSR count). The molecule has 0 saturated heterocycles. The van der Waals surface area contributed by atoms with Crippen molar-refractivity contribution < 1.29 is 14.2 Å². The van der Waals surface area contributed by atoms with E-state index in [1.807, 2.05) is 6.26 Å². The average Bonchev–Trinajstić information content (AvgIpc) is 2.34. The third-order valence-electron chi connectivity index (χ3n) is 2.31. The van der Waals surface area contributed by atoms with Gasteiger partial charge in [0.1, 0.15) is 0 Å². The lowest BCUT2D eigenvalue weighted by atomic mass is 10.1. The molecule has 0 bridgehead atoms. The minimum Gasteiger partial charge on any atom is -0.379 e. The lowest BCUT2D eigenvalue weighted by Gasteiger charge is -2.07. The Bertz CT molecular complexity index is 159. The van der Waals surface area contributed by atoms with E-state index in [1.165, 1.54) is 6.42 Å². The Balaban J connectivity index is 2.90. The summed E-state index contributed by atoms with van der Waals surface area (Å²) in [7, 11) is 0. The summed E-state index contributed by atoms with van der Waals surface area (Å²) in [6.45, 7) is 9.57. The molecule has 0 aliphatic rings. The van der Waals surface area contributed by atoms with Crippen LogP contribution in [0.5, 0.6) is 0 Å². The van der Waals surface area contributed by atoms with E-state index in [9.17, 15) is 0 Å². The molecule has 0 aromatic heterocycles. The Morgan fingerprint density at radius 3 is 2.00 bits per heavy atom. The summed E-state index contributed by atoms with van der Waals surface area (Å²) < 4.78 is 19.3. The fourth-order valence-corrected chi connectivity index (χ4v) is 1.64. The van der Waals surface area contributed by atoms with Crippen molar-refractivity contribution in [1.82, 2.24) is 4.72 Å². The monoisotopic (exact) mass is 279 g/mol. The molecular weight excluding hydrogens is 250 g/mol. The molecule has 0 aromatic rings. The summed E-state index contributed by atoms with van der Waals surface area (Å²) in [5, 5.41) is 0. The van der Waals surface area contributed by atoms with Crippen LogP contribution in [0.15, 0.2) is 0 Å². The fourth-order valence-electron chi connectivity index (χ4n) is 1.35. The van der Waals surface area contributed by atoms with E-state index >= 15 is 0 Å². The second-order valence-corrected chi connectivity index (χ2v) is 5.17. The van der Waals surface area contributed by atoms with Crippen molar-refractivity contribution in [3.63, 3.8) is 0 Å². The summed E-state index contributed by atoms with van der Waals surface area (Å²) in [6.07, 6.45) is 4.38. The summed E-state index contributed by atoms with van der Waals surface area (Å²) in [5.41, 5.74) is 0. The molecule has 4 nitrogen and oxygen atoms in total. The Hall–Kier alpha value is 0.190. The molecule has 0 fully saturated rings.